The fourth-order valence-electron chi connectivity index (χ4n) is 2.44. The molecule has 0 spiro atoms. The quantitative estimate of drug-likeness (QED) is 0.824. The van der Waals surface area contributed by atoms with E-state index in [2.05, 4.69) is 50.6 Å². The van der Waals surface area contributed by atoms with E-state index in [0.717, 1.165) is 12.8 Å². The monoisotopic (exact) mass is 250 g/mol. The molecule has 18 heavy (non-hydrogen) atoms. The number of rotatable bonds is 6. The first-order valence-electron chi connectivity index (χ1n) is 6.91. The van der Waals surface area contributed by atoms with Crippen LogP contribution in [0.25, 0.3) is 0 Å². The molecule has 0 atom stereocenters. The summed E-state index contributed by atoms with van der Waals surface area (Å²) >= 11 is 0. The van der Waals surface area contributed by atoms with Crippen molar-refractivity contribution in [3.05, 3.63) is 23.0 Å². The summed E-state index contributed by atoms with van der Waals surface area (Å²) in [7, 11) is 0. The van der Waals surface area contributed by atoms with Gasteiger partial charge in [0, 0.05) is 30.4 Å². The van der Waals surface area contributed by atoms with Crippen LogP contribution in [0.1, 0.15) is 63.0 Å². The molecule has 0 saturated carbocycles. The summed E-state index contributed by atoms with van der Waals surface area (Å²) in [6.07, 6.45) is 2.67. The van der Waals surface area contributed by atoms with Crippen molar-refractivity contribution in [2.24, 2.45) is 0 Å². The number of aromatic nitrogens is 1. The molecule has 1 aromatic rings. The number of aryl methyl sites for hydroxylation is 1. The minimum atomic E-state index is 0.159. The molecule has 0 aliphatic rings. The number of nitrogens with zero attached hydrogens (tertiary/aromatic N) is 1. The molecule has 0 bridgehead atoms. The fourth-order valence-corrected chi connectivity index (χ4v) is 2.44. The normalized spacial score (nSPS) is 11.0. The molecule has 0 aliphatic carbocycles. The Morgan fingerprint density at radius 3 is 2.56 bits per heavy atom. The Balaban J connectivity index is 2.63. The van der Waals surface area contributed by atoms with E-state index in [1.165, 1.54) is 17.0 Å². The molecule has 0 unspecified atom stereocenters. The molecule has 102 valence electrons. The third kappa shape index (κ3) is 3.62. The predicted molar refractivity (Wildman–Crippen MR) is 75.7 cm³/mol. The zero-order chi connectivity index (χ0) is 13.7. The minimum Gasteiger partial charge on any atom is -0.352 e. The fraction of sp³-hybridized carbons (Fsp3) is 0.667. The predicted octanol–water partition coefficient (Wildman–Crippen LogP) is 3.49. The van der Waals surface area contributed by atoms with Crippen LogP contribution in [0, 0.1) is 13.8 Å². The first-order chi connectivity index (χ1) is 8.47. The number of unbranched alkanes of at least 4 members (excludes halogenated alkanes) is 1. The van der Waals surface area contributed by atoms with Crippen LogP contribution in [-0.2, 0) is 11.3 Å². The molecule has 0 saturated heterocycles. The van der Waals surface area contributed by atoms with E-state index in [1.807, 2.05) is 0 Å². The molecule has 0 aliphatic heterocycles. The zero-order valence-electron chi connectivity index (χ0n) is 12.3. The SMILES string of the molecule is CCCCC(=O)NCc1cc(C)n(C(C)C)c1C. The van der Waals surface area contributed by atoms with E-state index in [1.54, 1.807) is 0 Å². The molecule has 1 rings (SSSR count). The number of carbonyl (C=O) groups excluding carboxylic acids is 1. The second kappa shape index (κ2) is 6.62. The van der Waals surface area contributed by atoms with Gasteiger partial charge in [-0.1, -0.05) is 13.3 Å². The highest BCUT2D eigenvalue weighted by Crippen LogP contribution is 2.19. The summed E-state index contributed by atoms with van der Waals surface area (Å²) in [6.45, 7) is 11.4. The van der Waals surface area contributed by atoms with Gasteiger partial charge in [0.15, 0.2) is 0 Å². The maximum atomic E-state index is 11.6. The van der Waals surface area contributed by atoms with E-state index in [0.29, 0.717) is 19.0 Å². The molecule has 0 radical (unpaired) electrons. The van der Waals surface area contributed by atoms with E-state index in [9.17, 15) is 4.79 Å². The van der Waals surface area contributed by atoms with Gasteiger partial charge >= 0.3 is 0 Å². The summed E-state index contributed by atoms with van der Waals surface area (Å²) in [5.41, 5.74) is 3.75. The van der Waals surface area contributed by atoms with Crippen LogP contribution in [0.4, 0.5) is 0 Å². The average Bonchev–Trinajstić information content (AvgIpc) is 2.58. The maximum absolute atomic E-state index is 11.6. The summed E-state index contributed by atoms with van der Waals surface area (Å²) in [4.78, 5) is 11.6. The van der Waals surface area contributed by atoms with Gasteiger partial charge in [-0.2, -0.15) is 0 Å². The average molecular weight is 250 g/mol. The molecule has 1 aromatic heterocycles. The Kier molecular flexibility index (Phi) is 5.45. The van der Waals surface area contributed by atoms with E-state index < -0.39 is 0 Å². The van der Waals surface area contributed by atoms with Gasteiger partial charge in [-0.3, -0.25) is 4.79 Å². The Labute approximate surface area is 111 Å². The third-order valence-electron chi connectivity index (χ3n) is 3.34. The van der Waals surface area contributed by atoms with Crippen LogP contribution in [0.5, 0.6) is 0 Å². The van der Waals surface area contributed by atoms with Crippen molar-refractivity contribution in [1.29, 1.82) is 0 Å². The van der Waals surface area contributed by atoms with Gasteiger partial charge in [-0.25, -0.2) is 0 Å². The van der Waals surface area contributed by atoms with Crippen LogP contribution < -0.4 is 5.32 Å². The molecular formula is C15H26N2O. The largest absolute Gasteiger partial charge is 0.352 e. The summed E-state index contributed by atoms with van der Waals surface area (Å²) in [6, 6.07) is 2.64. The molecule has 1 heterocycles. The van der Waals surface area contributed by atoms with Gasteiger partial charge in [0.1, 0.15) is 0 Å². The van der Waals surface area contributed by atoms with Gasteiger partial charge in [-0.05, 0) is 45.7 Å². The van der Waals surface area contributed by atoms with E-state index in [-0.39, 0.29) is 5.91 Å². The highest BCUT2D eigenvalue weighted by Gasteiger charge is 2.11. The van der Waals surface area contributed by atoms with Gasteiger partial charge in [-0.15, -0.1) is 0 Å². The minimum absolute atomic E-state index is 0.159. The van der Waals surface area contributed by atoms with Crippen molar-refractivity contribution in [3.63, 3.8) is 0 Å². The van der Waals surface area contributed by atoms with Crippen LogP contribution in [0.3, 0.4) is 0 Å². The molecule has 0 fully saturated rings. The number of hydrogen-bond donors (Lipinski definition) is 1. The molecule has 3 heteroatoms. The van der Waals surface area contributed by atoms with Crippen molar-refractivity contribution in [3.8, 4) is 0 Å². The highest BCUT2D eigenvalue weighted by molar-refractivity contribution is 5.75. The van der Waals surface area contributed by atoms with Crippen molar-refractivity contribution < 1.29 is 4.79 Å². The van der Waals surface area contributed by atoms with Crippen LogP contribution >= 0.6 is 0 Å². The van der Waals surface area contributed by atoms with E-state index in [4.69, 9.17) is 0 Å². The Hall–Kier alpha value is -1.25. The molecule has 1 amide bonds. The first kappa shape index (κ1) is 14.8. The van der Waals surface area contributed by atoms with Crippen LogP contribution in [-0.4, -0.2) is 10.5 Å². The topological polar surface area (TPSA) is 34.0 Å². The lowest BCUT2D eigenvalue weighted by Gasteiger charge is -2.14. The lowest BCUT2D eigenvalue weighted by Crippen LogP contribution is -2.22. The molecule has 0 aromatic carbocycles. The third-order valence-corrected chi connectivity index (χ3v) is 3.34. The van der Waals surface area contributed by atoms with E-state index >= 15 is 0 Å². The van der Waals surface area contributed by atoms with Crippen molar-refractivity contribution >= 4 is 5.91 Å². The van der Waals surface area contributed by atoms with Crippen molar-refractivity contribution in [1.82, 2.24) is 9.88 Å². The lowest BCUT2D eigenvalue weighted by atomic mass is 10.2. The van der Waals surface area contributed by atoms with Gasteiger partial charge in [0.2, 0.25) is 5.91 Å². The Morgan fingerprint density at radius 1 is 1.39 bits per heavy atom. The van der Waals surface area contributed by atoms with Gasteiger partial charge in [0.05, 0.1) is 0 Å². The van der Waals surface area contributed by atoms with Crippen molar-refractivity contribution in [2.75, 3.05) is 0 Å². The van der Waals surface area contributed by atoms with Crippen LogP contribution in [0.15, 0.2) is 6.07 Å². The summed E-state index contributed by atoms with van der Waals surface area (Å²) in [5.74, 6) is 0.159. The molecule has 1 N–H and O–H groups in total. The highest BCUT2D eigenvalue weighted by atomic mass is 16.1. The lowest BCUT2D eigenvalue weighted by molar-refractivity contribution is -0.121. The first-order valence-corrected chi connectivity index (χ1v) is 6.91. The number of carbonyl (C=O) groups is 1. The number of nitrogens with one attached hydrogen (secondary N) is 1. The van der Waals surface area contributed by atoms with Crippen LogP contribution in [0.2, 0.25) is 0 Å². The number of amides is 1. The van der Waals surface area contributed by atoms with Gasteiger partial charge < -0.3 is 9.88 Å². The second-order valence-corrected chi connectivity index (χ2v) is 5.24. The Morgan fingerprint density at radius 2 is 2.06 bits per heavy atom. The van der Waals surface area contributed by atoms with Gasteiger partial charge in [0.25, 0.3) is 0 Å². The molecular weight excluding hydrogens is 224 g/mol. The Bertz CT molecular complexity index is 405. The standard InChI is InChI=1S/C15H26N2O/c1-6-7-8-15(18)16-10-14-9-12(4)17(11(2)3)13(14)5/h9,11H,6-8,10H2,1-5H3,(H,16,18). The van der Waals surface area contributed by atoms with Crippen molar-refractivity contribution in [2.45, 2.75) is 66.5 Å². The zero-order valence-corrected chi connectivity index (χ0v) is 12.3. The number of hydrogen-bond acceptors (Lipinski definition) is 1. The summed E-state index contributed by atoms with van der Waals surface area (Å²) in [5, 5.41) is 3.00. The smallest absolute Gasteiger partial charge is 0.220 e. The summed E-state index contributed by atoms with van der Waals surface area (Å²) < 4.78 is 2.31. The maximum Gasteiger partial charge on any atom is 0.220 e. The molecule has 3 nitrogen and oxygen atoms in total. The second-order valence-electron chi connectivity index (χ2n) is 5.24.